The minimum Gasteiger partial charge on any atom is -0.268 e. The second-order valence-electron chi connectivity index (χ2n) is 2.32. The van der Waals surface area contributed by atoms with Crippen molar-refractivity contribution in [3.63, 3.8) is 0 Å². The van der Waals surface area contributed by atoms with Crippen LogP contribution in [0.2, 0.25) is 0 Å². The Kier molecular flexibility index (Phi) is 3.74. The van der Waals surface area contributed by atoms with Crippen molar-refractivity contribution in [2.75, 3.05) is 13.1 Å². The number of halogens is 2. The highest BCUT2D eigenvalue weighted by molar-refractivity contribution is 7.93. The summed E-state index contributed by atoms with van der Waals surface area (Å²) in [5, 5.41) is 1.50. The van der Waals surface area contributed by atoms with Gasteiger partial charge < -0.3 is 0 Å². The molecule has 0 spiro atoms. The molecule has 68 valence electrons. The average Bonchev–Trinajstić information content (AvgIpc) is 2.08. The Balaban J connectivity index is 2.90. The van der Waals surface area contributed by atoms with Crippen LogP contribution in [0.1, 0.15) is 0 Å². The van der Waals surface area contributed by atoms with E-state index in [0.717, 1.165) is 0 Å². The first kappa shape index (κ1) is 10.2. The van der Waals surface area contributed by atoms with Crippen LogP contribution in [-0.2, 0) is 10.8 Å². The highest BCUT2D eigenvalue weighted by atomic mass is 35.5. The van der Waals surface area contributed by atoms with Crippen molar-refractivity contribution in [2.45, 2.75) is 0 Å². The maximum atomic E-state index is 11.5. The normalized spacial score (nSPS) is 33.1. The second-order valence-corrected chi connectivity index (χ2v) is 4.35. The Labute approximate surface area is 83.2 Å². The molecule has 0 amide bonds. The van der Waals surface area contributed by atoms with Gasteiger partial charge in [0.15, 0.2) is 0 Å². The molecule has 1 rings (SSSR count). The molecule has 1 aliphatic heterocycles. The van der Waals surface area contributed by atoms with E-state index in [9.17, 15) is 4.21 Å². The van der Waals surface area contributed by atoms with E-state index in [1.165, 1.54) is 16.1 Å². The van der Waals surface area contributed by atoms with Crippen LogP contribution in [0.15, 0.2) is 20.9 Å². The maximum absolute atomic E-state index is 11.5. The lowest BCUT2D eigenvalue weighted by Gasteiger charge is -2.24. The second kappa shape index (κ2) is 4.39. The van der Waals surface area contributed by atoms with Crippen LogP contribution in [0.25, 0.3) is 0 Å². The Morgan fingerprint density at radius 2 is 1.75 bits per heavy atom. The summed E-state index contributed by atoms with van der Waals surface area (Å²) in [4.78, 5) is 1.16. The van der Waals surface area contributed by atoms with Gasteiger partial charge in [-0.2, -0.15) is 0 Å². The predicted molar refractivity (Wildman–Crippen MR) is 51.8 cm³/mol. The number of nitrogens with zero attached hydrogens (tertiary/aromatic N) is 1. The van der Waals surface area contributed by atoms with E-state index in [1.807, 2.05) is 0 Å². The highest BCUT2D eigenvalue weighted by Crippen LogP contribution is 2.20. The molecule has 2 N–H and O–H groups in total. The number of hydrazine groups is 1. The summed E-state index contributed by atoms with van der Waals surface area (Å²) in [5.41, 5.74) is 2.57. The van der Waals surface area contributed by atoms with Gasteiger partial charge in [0.05, 0.1) is 10.8 Å². The minimum absolute atomic E-state index is 0.421. The summed E-state index contributed by atoms with van der Waals surface area (Å²) in [6.07, 6.45) is 0. The number of nitrogens with two attached hydrogens (primary N) is 1. The molecular weight excluding hydrogens is 219 g/mol. The van der Waals surface area contributed by atoms with Crippen LogP contribution < -0.4 is 5.84 Å². The smallest absolute Gasteiger partial charge is 0.0812 e. The largest absolute Gasteiger partial charge is 0.268 e. The first-order chi connectivity index (χ1) is 5.69. The van der Waals surface area contributed by atoms with Crippen molar-refractivity contribution in [1.29, 1.82) is 0 Å². The van der Waals surface area contributed by atoms with Gasteiger partial charge in [-0.05, 0) is 0 Å². The molecule has 1 heterocycles. The molecule has 0 radical (unpaired) electrons. The molecule has 0 aliphatic carbocycles. The van der Waals surface area contributed by atoms with Crippen molar-refractivity contribution in [3.8, 4) is 0 Å². The lowest BCUT2D eigenvalue weighted by atomic mass is 10.5. The summed E-state index contributed by atoms with van der Waals surface area (Å²) < 4.78 is 11.5. The first-order valence-electron chi connectivity index (χ1n) is 3.19. The Morgan fingerprint density at radius 3 is 2.08 bits per heavy atom. The van der Waals surface area contributed by atoms with Gasteiger partial charge in [-0.25, -0.2) is 9.22 Å². The molecular formula is C6H8Cl2N2OS. The third-order valence-electron chi connectivity index (χ3n) is 1.44. The van der Waals surface area contributed by atoms with Crippen molar-refractivity contribution in [2.24, 2.45) is 5.84 Å². The number of hydrogen-bond donors (Lipinski definition) is 1. The maximum Gasteiger partial charge on any atom is 0.0812 e. The third kappa shape index (κ3) is 2.08. The monoisotopic (exact) mass is 226 g/mol. The van der Waals surface area contributed by atoms with E-state index in [4.69, 9.17) is 29.0 Å². The molecule has 0 saturated carbocycles. The van der Waals surface area contributed by atoms with E-state index < -0.39 is 10.8 Å². The van der Waals surface area contributed by atoms with Gasteiger partial charge in [-0.1, -0.05) is 23.2 Å². The van der Waals surface area contributed by atoms with Crippen molar-refractivity contribution >= 4 is 34.0 Å². The summed E-state index contributed by atoms with van der Waals surface area (Å²) in [7, 11) is -1.20. The van der Waals surface area contributed by atoms with Crippen LogP contribution in [0.4, 0.5) is 0 Å². The molecule has 0 bridgehead atoms. The quantitative estimate of drug-likeness (QED) is 0.630. The van der Waals surface area contributed by atoms with Crippen molar-refractivity contribution in [1.82, 2.24) is 5.01 Å². The fourth-order valence-electron chi connectivity index (χ4n) is 0.892. The van der Waals surface area contributed by atoms with Gasteiger partial charge in [-0.15, -0.1) is 0 Å². The summed E-state index contributed by atoms with van der Waals surface area (Å²) >= 11 is 10.9. The van der Waals surface area contributed by atoms with Gasteiger partial charge in [0.25, 0.3) is 0 Å². The Hall–Kier alpha value is 0.130. The molecule has 1 atom stereocenters. The van der Waals surface area contributed by atoms with Gasteiger partial charge in [0.2, 0.25) is 0 Å². The van der Waals surface area contributed by atoms with E-state index in [0.29, 0.717) is 22.9 Å². The zero-order chi connectivity index (χ0) is 9.14. The molecule has 1 unspecified atom stereocenters. The predicted octanol–water partition coefficient (Wildman–Crippen LogP) is 1.08. The summed E-state index contributed by atoms with van der Waals surface area (Å²) in [6.45, 7) is 0.842. The summed E-state index contributed by atoms with van der Waals surface area (Å²) in [6, 6.07) is 0. The Bertz CT molecular complexity index is 240. The molecule has 6 heteroatoms. The fraction of sp³-hybridized carbons (Fsp3) is 0.333. The third-order valence-corrected chi connectivity index (χ3v) is 3.67. The molecule has 0 aromatic rings. The first-order valence-corrected chi connectivity index (χ1v) is 5.21. The van der Waals surface area contributed by atoms with Gasteiger partial charge >= 0.3 is 0 Å². The van der Waals surface area contributed by atoms with Crippen LogP contribution in [0, 0.1) is 0 Å². The zero-order valence-corrected chi connectivity index (χ0v) is 8.49. The van der Waals surface area contributed by atoms with Gasteiger partial charge in [0, 0.05) is 34.0 Å². The summed E-state index contributed by atoms with van der Waals surface area (Å²) in [5.74, 6) is 5.53. The molecule has 12 heavy (non-hydrogen) atoms. The lowest BCUT2D eigenvalue weighted by Crippen LogP contribution is -2.40. The van der Waals surface area contributed by atoms with Crippen molar-refractivity contribution < 1.29 is 4.21 Å². The molecule has 1 saturated heterocycles. The minimum atomic E-state index is -1.20. The van der Waals surface area contributed by atoms with Crippen molar-refractivity contribution in [3.05, 3.63) is 20.9 Å². The Morgan fingerprint density at radius 1 is 1.33 bits per heavy atom. The molecule has 1 fully saturated rings. The topological polar surface area (TPSA) is 46.3 Å². The molecule has 0 aromatic carbocycles. The van der Waals surface area contributed by atoms with Gasteiger partial charge in [-0.3, -0.25) is 5.84 Å². The van der Waals surface area contributed by atoms with Crippen LogP contribution in [0.5, 0.6) is 0 Å². The van der Waals surface area contributed by atoms with E-state index in [2.05, 4.69) is 0 Å². The number of hydrogen-bond acceptors (Lipinski definition) is 3. The molecule has 0 aromatic heterocycles. The van der Waals surface area contributed by atoms with Crippen LogP contribution in [-0.4, -0.2) is 22.3 Å². The molecule has 1 aliphatic rings. The van der Waals surface area contributed by atoms with Gasteiger partial charge in [0.1, 0.15) is 0 Å². The van der Waals surface area contributed by atoms with E-state index in [1.54, 1.807) is 0 Å². The highest BCUT2D eigenvalue weighted by Gasteiger charge is 2.22. The van der Waals surface area contributed by atoms with Crippen LogP contribution >= 0.6 is 23.2 Å². The molecule has 3 nitrogen and oxygen atoms in total. The number of rotatable bonds is 0. The fourth-order valence-corrected chi connectivity index (χ4v) is 2.58. The standard InChI is InChI=1S/C6H8Cl2N2OS/c7-1-5-3-10(9)4-6(2-8)12(5)11/h1-2H,3-4,9H2/b5-1-,6-2+. The zero-order valence-electron chi connectivity index (χ0n) is 6.17. The lowest BCUT2D eigenvalue weighted by molar-refractivity contribution is 0.339. The van der Waals surface area contributed by atoms with E-state index in [-0.39, 0.29) is 0 Å². The SMILES string of the molecule is NN1C/C(=C/Cl)S(=O)/C(=C/Cl)C1. The van der Waals surface area contributed by atoms with E-state index >= 15 is 0 Å². The van der Waals surface area contributed by atoms with Crippen LogP contribution in [0.3, 0.4) is 0 Å². The average molecular weight is 227 g/mol.